The molecule has 1 aromatic carbocycles. The van der Waals surface area contributed by atoms with Gasteiger partial charge in [0.15, 0.2) is 0 Å². The third-order valence-corrected chi connectivity index (χ3v) is 3.10. The van der Waals surface area contributed by atoms with Gasteiger partial charge in [0.25, 0.3) is 5.91 Å². The molecule has 5 nitrogen and oxygen atoms in total. The first kappa shape index (κ1) is 13.4. The number of para-hydroxylation sites is 1. The zero-order valence-electron chi connectivity index (χ0n) is 11.1. The fraction of sp³-hybridized carbons (Fsp3) is 0.429. The summed E-state index contributed by atoms with van der Waals surface area (Å²) >= 11 is 0. The molecule has 1 heterocycles. The zero-order valence-corrected chi connectivity index (χ0v) is 11.1. The maximum absolute atomic E-state index is 12.1. The second-order valence-corrected chi connectivity index (χ2v) is 4.51. The maximum atomic E-state index is 12.1. The highest BCUT2D eigenvalue weighted by molar-refractivity contribution is 6.01. The van der Waals surface area contributed by atoms with Crippen LogP contribution in [0.25, 0.3) is 0 Å². The van der Waals surface area contributed by atoms with Gasteiger partial charge in [0, 0.05) is 13.1 Å². The van der Waals surface area contributed by atoms with Crippen LogP contribution in [-0.2, 0) is 11.2 Å². The first-order chi connectivity index (χ1) is 9.22. The van der Waals surface area contributed by atoms with E-state index < -0.39 is 0 Å². The number of hydrogen-bond donors (Lipinski definition) is 3. The van der Waals surface area contributed by atoms with E-state index in [1.807, 2.05) is 19.1 Å². The number of nitrogens with one attached hydrogen (secondary N) is 3. The standard InChI is InChI=1S/C14H19N3O2/c1-2-15-12(18)9-17-14(19)11-7-3-5-10-6-4-8-16-13(10)11/h3,5,7,16H,2,4,6,8-9H2,1H3,(H,15,18)(H,17,19). The lowest BCUT2D eigenvalue weighted by Crippen LogP contribution is -2.37. The highest BCUT2D eigenvalue weighted by Gasteiger charge is 2.17. The van der Waals surface area contributed by atoms with E-state index in [0.29, 0.717) is 12.1 Å². The number of carbonyl (C=O) groups excluding carboxylic acids is 2. The SMILES string of the molecule is CCNC(=O)CNC(=O)c1cccc2c1NCCC2. The smallest absolute Gasteiger partial charge is 0.253 e. The third kappa shape index (κ3) is 3.24. The largest absolute Gasteiger partial charge is 0.384 e. The molecule has 5 heteroatoms. The normalized spacial score (nSPS) is 13.1. The minimum Gasteiger partial charge on any atom is -0.384 e. The molecule has 0 atom stereocenters. The number of fused-ring (bicyclic) bond motifs is 1. The fourth-order valence-electron chi connectivity index (χ4n) is 2.21. The van der Waals surface area contributed by atoms with Crippen molar-refractivity contribution in [3.8, 4) is 0 Å². The molecule has 2 amide bonds. The van der Waals surface area contributed by atoms with Gasteiger partial charge in [-0.05, 0) is 31.4 Å². The molecule has 0 fully saturated rings. The van der Waals surface area contributed by atoms with Gasteiger partial charge in [0.05, 0.1) is 17.8 Å². The van der Waals surface area contributed by atoms with Crippen LogP contribution in [0.1, 0.15) is 29.3 Å². The Hall–Kier alpha value is -2.04. The summed E-state index contributed by atoms with van der Waals surface area (Å²) in [6, 6.07) is 5.69. The molecule has 0 unspecified atom stereocenters. The summed E-state index contributed by atoms with van der Waals surface area (Å²) in [5, 5.41) is 8.55. The van der Waals surface area contributed by atoms with Crippen LogP contribution in [0.2, 0.25) is 0 Å². The van der Waals surface area contributed by atoms with Gasteiger partial charge < -0.3 is 16.0 Å². The molecule has 1 aromatic rings. The number of rotatable bonds is 4. The molecular weight excluding hydrogens is 242 g/mol. The monoisotopic (exact) mass is 261 g/mol. The number of carbonyl (C=O) groups is 2. The van der Waals surface area contributed by atoms with E-state index in [1.165, 1.54) is 0 Å². The summed E-state index contributed by atoms with van der Waals surface area (Å²) < 4.78 is 0. The summed E-state index contributed by atoms with van der Waals surface area (Å²) in [4.78, 5) is 23.4. The van der Waals surface area contributed by atoms with Crippen LogP contribution in [0.3, 0.4) is 0 Å². The first-order valence-electron chi connectivity index (χ1n) is 6.63. The van der Waals surface area contributed by atoms with Crippen molar-refractivity contribution in [2.24, 2.45) is 0 Å². The van der Waals surface area contributed by atoms with Crippen molar-refractivity contribution in [1.29, 1.82) is 0 Å². The van der Waals surface area contributed by atoms with Gasteiger partial charge in [-0.25, -0.2) is 0 Å². The predicted octanol–water partition coefficient (Wildman–Crippen LogP) is 0.911. The number of likely N-dealkylation sites (N-methyl/N-ethyl adjacent to an activating group) is 1. The van der Waals surface area contributed by atoms with Crippen LogP contribution in [0, 0.1) is 0 Å². The minimum atomic E-state index is -0.211. The van der Waals surface area contributed by atoms with Crippen LogP contribution < -0.4 is 16.0 Å². The molecule has 0 bridgehead atoms. The van der Waals surface area contributed by atoms with Crippen molar-refractivity contribution >= 4 is 17.5 Å². The van der Waals surface area contributed by atoms with Crippen molar-refractivity contribution in [3.63, 3.8) is 0 Å². The Kier molecular flexibility index (Phi) is 4.39. The molecule has 0 spiro atoms. The number of anilines is 1. The van der Waals surface area contributed by atoms with Crippen molar-refractivity contribution in [2.75, 3.05) is 25.0 Å². The molecule has 2 rings (SSSR count). The number of hydrogen-bond acceptors (Lipinski definition) is 3. The summed E-state index contributed by atoms with van der Waals surface area (Å²) in [6.45, 7) is 3.30. The van der Waals surface area contributed by atoms with Gasteiger partial charge >= 0.3 is 0 Å². The highest BCUT2D eigenvalue weighted by atomic mass is 16.2. The zero-order chi connectivity index (χ0) is 13.7. The summed E-state index contributed by atoms with van der Waals surface area (Å²) in [5.74, 6) is -0.383. The van der Waals surface area contributed by atoms with Gasteiger partial charge in [-0.1, -0.05) is 12.1 Å². The Morgan fingerprint density at radius 3 is 2.95 bits per heavy atom. The molecule has 0 aromatic heterocycles. The fourth-order valence-corrected chi connectivity index (χ4v) is 2.21. The Morgan fingerprint density at radius 1 is 1.32 bits per heavy atom. The van der Waals surface area contributed by atoms with Crippen molar-refractivity contribution < 1.29 is 9.59 Å². The Balaban J connectivity index is 2.05. The Labute approximate surface area is 112 Å². The highest BCUT2D eigenvalue weighted by Crippen LogP contribution is 2.25. The van der Waals surface area contributed by atoms with Crippen molar-refractivity contribution in [1.82, 2.24) is 10.6 Å². The van der Waals surface area contributed by atoms with Crippen LogP contribution in [0.15, 0.2) is 18.2 Å². The van der Waals surface area contributed by atoms with Crippen molar-refractivity contribution in [3.05, 3.63) is 29.3 Å². The van der Waals surface area contributed by atoms with Crippen LogP contribution in [0.4, 0.5) is 5.69 Å². The molecule has 1 aliphatic heterocycles. The van der Waals surface area contributed by atoms with Gasteiger partial charge in [0.1, 0.15) is 0 Å². The van der Waals surface area contributed by atoms with E-state index >= 15 is 0 Å². The molecule has 1 aliphatic rings. The molecule has 19 heavy (non-hydrogen) atoms. The minimum absolute atomic E-state index is 0.0103. The molecule has 0 saturated heterocycles. The molecule has 102 valence electrons. The summed E-state index contributed by atoms with van der Waals surface area (Å²) in [6.07, 6.45) is 2.07. The first-order valence-corrected chi connectivity index (χ1v) is 6.63. The maximum Gasteiger partial charge on any atom is 0.253 e. The molecule has 0 saturated carbocycles. The number of aryl methyl sites for hydroxylation is 1. The van der Waals surface area contributed by atoms with Crippen LogP contribution in [-0.4, -0.2) is 31.4 Å². The summed E-state index contributed by atoms with van der Waals surface area (Å²) in [5.41, 5.74) is 2.68. The number of amides is 2. The van der Waals surface area contributed by atoms with E-state index in [-0.39, 0.29) is 18.4 Å². The average molecular weight is 261 g/mol. The van der Waals surface area contributed by atoms with Crippen LogP contribution in [0.5, 0.6) is 0 Å². The predicted molar refractivity (Wildman–Crippen MR) is 74.3 cm³/mol. The lowest BCUT2D eigenvalue weighted by Gasteiger charge is -2.20. The van der Waals surface area contributed by atoms with Gasteiger partial charge in [-0.3, -0.25) is 9.59 Å². The second-order valence-electron chi connectivity index (χ2n) is 4.51. The molecule has 3 N–H and O–H groups in total. The van der Waals surface area contributed by atoms with E-state index in [4.69, 9.17) is 0 Å². The quantitative estimate of drug-likeness (QED) is 0.754. The third-order valence-electron chi connectivity index (χ3n) is 3.10. The Bertz CT molecular complexity index is 486. The molecule has 0 aliphatic carbocycles. The number of benzene rings is 1. The van der Waals surface area contributed by atoms with Crippen LogP contribution >= 0.6 is 0 Å². The van der Waals surface area contributed by atoms with Gasteiger partial charge in [-0.2, -0.15) is 0 Å². The topological polar surface area (TPSA) is 70.2 Å². The molecule has 0 radical (unpaired) electrons. The van der Waals surface area contributed by atoms with Gasteiger partial charge in [-0.15, -0.1) is 0 Å². The van der Waals surface area contributed by atoms with E-state index in [2.05, 4.69) is 16.0 Å². The average Bonchev–Trinajstić information content (AvgIpc) is 2.44. The van der Waals surface area contributed by atoms with E-state index in [9.17, 15) is 9.59 Å². The van der Waals surface area contributed by atoms with Crippen molar-refractivity contribution in [2.45, 2.75) is 19.8 Å². The Morgan fingerprint density at radius 2 is 2.16 bits per heavy atom. The summed E-state index contributed by atoms with van der Waals surface area (Å²) in [7, 11) is 0. The van der Waals surface area contributed by atoms with E-state index in [0.717, 1.165) is 30.6 Å². The second kappa shape index (κ2) is 6.22. The lowest BCUT2D eigenvalue weighted by molar-refractivity contribution is -0.120. The molecular formula is C14H19N3O2. The lowest BCUT2D eigenvalue weighted by atomic mass is 9.99. The van der Waals surface area contributed by atoms with Gasteiger partial charge in [0.2, 0.25) is 5.91 Å². The van der Waals surface area contributed by atoms with E-state index in [1.54, 1.807) is 6.07 Å².